The van der Waals surface area contributed by atoms with Gasteiger partial charge in [0.1, 0.15) is 5.52 Å². The van der Waals surface area contributed by atoms with E-state index in [1.807, 2.05) is 22.8 Å². The fraction of sp³-hybridized carbons (Fsp3) is 0.522. The first-order valence-corrected chi connectivity index (χ1v) is 14.2. The van der Waals surface area contributed by atoms with Gasteiger partial charge in [0.05, 0.1) is 19.5 Å². The summed E-state index contributed by atoms with van der Waals surface area (Å²) in [6.07, 6.45) is 1.72. The lowest BCUT2D eigenvalue weighted by atomic mass is 10.1. The van der Waals surface area contributed by atoms with E-state index < -0.39 is 8.32 Å². The molecule has 0 fully saturated rings. The average molecular weight is 476 g/mol. The summed E-state index contributed by atoms with van der Waals surface area (Å²) in [4.78, 5) is 12.8. The van der Waals surface area contributed by atoms with Crippen LogP contribution in [-0.2, 0) is 22.3 Å². The lowest BCUT2D eigenvalue weighted by Crippen LogP contribution is -2.46. The predicted molar refractivity (Wildman–Crippen MR) is 132 cm³/mol. The van der Waals surface area contributed by atoms with Gasteiger partial charge in [-0.2, -0.15) is 9.97 Å². The van der Waals surface area contributed by atoms with Crippen LogP contribution in [-0.4, -0.2) is 40.5 Å². The number of benzene rings is 1. The minimum Gasteiger partial charge on any atom is -0.414 e. The van der Waals surface area contributed by atoms with E-state index in [0.29, 0.717) is 30.9 Å². The molecule has 3 aromatic rings. The third-order valence-electron chi connectivity index (χ3n) is 6.26. The molecule has 32 heavy (non-hydrogen) atoms. The third kappa shape index (κ3) is 5.86. The summed E-state index contributed by atoms with van der Waals surface area (Å²) >= 11 is 6.21. The lowest BCUT2D eigenvalue weighted by Gasteiger charge is -2.40. The maximum atomic E-state index is 6.72. The summed E-state index contributed by atoms with van der Waals surface area (Å²) in [6.45, 7) is 15.1. The van der Waals surface area contributed by atoms with Crippen LogP contribution in [0.1, 0.15) is 33.3 Å². The highest BCUT2D eigenvalue weighted by Gasteiger charge is 2.39. The van der Waals surface area contributed by atoms with Crippen LogP contribution in [0.2, 0.25) is 23.3 Å². The molecule has 0 saturated heterocycles. The number of aromatic nitrogens is 4. The molecule has 2 aromatic heterocycles. The zero-order valence-electron chi connectivity index (χ0n) is 19.8. The summed E-state index contributed by atoms with van der Waals surface area (Å²) in [5.74, 6) is 0.215. The van der Waals surface area contributed by atoms with Crippen molar-refractivity contribution in [3.63, 3.8) is 0 Å². The van der Waals surface area contributed by atoms with E-state index in [1.54, 1.807) is 6.33 Å². The van der Waals surface area contributed by atoms with Crippen LogP contribution in [0.3, 0.4) is 0 Å². The quantitative estimate of drug-likeness (QED) is 0.333. The second kappa shape index (κ2) is 9.87. The smallest absolute Gasteiger partial charge is 0.223 e. The minimum absolute atomic E-state index is 0.0150. The fourth-order valence-electron chi connectivity index (χ4n) is 3.29. The SMILES string of the molecule is C[C@@H](O[Si](C)(C)C(C)(C)C)[C@@H](COCc1ccccc1)Cn1cnc2c(Cl)nc(N)nc21. The highest BCUT2D eigenvalue weighted by molar-refractivity contribution is 6.74. The summed E-state index contributed by atoms with van der Waals surface area (Å²) in [6, 6.07) is 10.2. The second-order valence-electron chi connectivity index (χ2n) is 9.79. The van der Waals surface area contributed by atoms with E-state index in [0.717, 1.165) is 5.56 Å². The van der Waals surface area contributed by atoms with Gasteiger partial charge < -0.3 is 19.5 Å². The summed E-state index contributed by atoms with van der Waals surface area (Å²) in [7, 11) is -1.95. The Balaban J connectivity index is 1.81. The maximum Gasteiger partial charge on any atom is 0.223 e. The Morgan fingerprint density at radius 1 is 1.16 bits per heavy atom. The summed E-state index contributed by atoms with van der Waals surface area (Å²) in [5.41, 5.74) is 8.14. The Morgan fingerprint density at radius 3 is 2.50 bits per heavy atom. The topological polar surface area (TPSA) is 88.1 Å². The largest absolute Gasteiger partial charge is 0.414 e. The van der Waals surface area contributed by atoms with Gasteiger partial charge in [0.15, 0.2) is 19.1 Å². The van der Waals surface area contributed by atoms with Crippen LogP contribution in [0.15, 0.2) is 36.7 Å². The number of hydrogen-bond donors (Lipinski definition) is 1. The molecular formula is C23H34ClN5O2Si. The van der Waals surface area contributed by atoms with E-state index in [2.05, 4.69) is 67.9 Å². The van der Waals surface area contributed by atoms with Crippen molar-refractivity contribution in [1.29, 1.82) is 0 Å². The molecular weight excluding hydrogens is 442 g/mol. The molecule has 9 heteroatoms. The molecule has 0 radical (unpaired) electrons. The third-order valence-corrected chi connectivity index (χ3v) is 11.1. The molecule has 2 N–H and O–H groups in total. The number of anilines is 1. The number of ether oxygens (including phenoxy) is 1. The van der Waals surface area contributed by atoms with E-state index in [1.165, 1.54) is 0 Å². The molecule has 0 saturated carbocycles. The van der Waals surface area contributed by atoms with Crippen LogP contribution in [0.25, 0.3) is 11.2 Å². The molecule has 2 heterocycles. The molecule has 0 aliphatic heterocycles. The molecule has 0 aliphatic carbocycles. The molecule has 0 bridgehead atoms. The lowest BCUT2D eigenvalue weighted by molar-refractivity contribution is 0.0266. The van der Waals surface area contributed by atoms with Crippen LogP contribution in [0, 0.1) is 5.92 Å². The minimum atomic E-state index is -1.95. The van der Waals surface area contributed by atoms with Crippen molar-refractivity contribution < 1.29 is 9.16 Å². The molecule has 7 nitrogen and oxygen atoms in total. The Labute approximate surface area is 196 Å². The van der Waals surface area contributed by atoms with Gasteiger partial charge in [-0.25, -0.2) is 4.98 Å². The van der Waals surface area contributed by atoms with Crippen molar-refractivity contribution in [2.75, 3.05) is 12.3 Å². The van der Waals surface area contributed by atoms with Crippen LogP contribution < -0.4 is 5.73 Å². The number of halogens is 1. The zero-order valence-corrected chi connectivity index (χ0v) is 21.6. The van der Waals surface area contributed by atoms with Crippen molar-refractivity contribution in [1.82, 2.24) is 19.5 Å². The first-order valence-electron chi connectivity index (χ1n) is 10.9. The van der Waals surface area contributed by atoms with Gasteiger partial charge in [0.25, 0.3) is 0 Å². The monoisotopic (exact) mass is 475 g/mol. The van der Waals surface area contributed by atoms with Crippen LogP contribution >= 0.6 is 11.6 Å². The fourth-order valence-corrected chi connectivity index (χ4v) is 4.98. The number of nitrogens with two attached hydrogens (primary N) is 1. The van der Waals surface area contributed by atoms with Crippen molar-refractivity contribution in [2.24, 2.45) is 5.92 Å². The normalized spacial score (nSPS) is 14.6. The first-order chi connectivity index (χ1) is 15.0. The number of hydrogen-bond acceptors (Lipinski definition) is 6. The number of fused-ring (bicyclic) bond motifs is 1. The van der Waals surface area contributed by atoms with Gasteiger partial charge in [-0.3, -0.25) is 0 Å². The van der Waals surface area contributed by atoms with E-state index in [4.69, 9.17) is 26.5 Å². The molecule has 1 aromatic carbocycles. The molecule has 0 aliphatic rings. The number of imidazole rings is 1. The van der Waals surface area contributed by atoms with Crippen molar-refractivity contribution >= 4 is 37.0 Å². The highest BCUT2D eigenvalue weighted by atomic mass is 35.5. The van der Waals surface area contributed by atoms with Gasteiger partial charge in [-0.05, 0) is 30.6 Å². The van der Waals surface area contributed by atoms with Gasteiger partial charge >= 0.3 is 0 Å². The van der Waals surface area contributed by atoms with E-state index in [9.17, 15) is 0 Å². The van der Waals surface area contributed by atoms with Crippen molar-refractivity contribution in [2.45, 2.75) is 65.1 Å². The van der Waals surface area contributed by atoms with Crippen molar-refractivity contribution in [3.8, 4) is 0 Å². The highest BCUT2D eigenvalue weighted by Crippen LogP contribution is 2.38. The number of nitrogens with zero attached hydrogens (tertiary/aromatic N) is 4. The molecule has 0 spiro atoms. The molecule has 0 amide bonds. The van der Waals surface area contributed by atoms with Gasteiger partial charge in [0, 0.05) is 18.6 Å². The Morgan fingerprint density at radius 2 is 1.84 bits per heavy atom. The van der Waals surface area contributed by atoms with Gasteiger partial charge in [-0.15, -0.1) is 0 Å². The molecule has 3 rings (SSSR count). The Bertz CT molecular complexity index is 1040. The second-order valence-corrected chi connectivity index (χ2v) is 14.9. The van der Waals surface area contributed by atoms with Gasteiger partial charge in [0.2, 0.25) is 5.95 Å². The molecule has 2 atom stereocenters. The number of nitrogen functional groups attached to an aromatic ring is 1. The van der Waals surface area contributed by atoms with Crippen molar-refractivity contribution in [3.05, 3.63) is 47.4 Å². The predicted octanol–water partition coefficient (Wildman–Crippen LogP) is 5.31. The van der Waals surface area contributed by atoms with Crippen LogP contribution in [0.4, 0.5) is 5.95 Å². The average Bonchev–Trinajstić information content (AvgIpc) is 3.09. The summed E-state index contributed by atoms with van der Waals surface area (Å²) in [5, 5.41) is 0.377. The summed E-state index contributed by atoms with van der Waals surface area (Å²) < 4.78 is 14.8. The standard InChI is InChI=1S/C23H34ClN5O2Si/c1-16(31-32(5,6)23(2,3)4)18(14-30-13-17-10-8-7-9-11-17)12-29-15-26-19-20(24)27-22(25)28-21(19)29/h7-11,15-16,18H,12-14H2,1-6H3,(H2,25,27,28)/t16-,18-/m1/s1. The van der Waals surface area contributed by atoms with Gasteiger partial charge in [-0.1, -0.05) is 62.7 Å². The van der Waals surface area contributed by atoms with E-state index in [-0.39, 0.29) is 28.2 Å². The maximum absolute atomic E-state index is 6.72. The molecule has 174 valence electrons. The first kappa shape index (κ1) is 24.6. The van der Waals surface area contributed by atoms with Crippen LogP contribution in [0.5, 0.6) is 0 Å². The Hall–Kier alpha value is -2.00. The Kier molecular flexibility index (Phi) is 7.60. The number of rotatable bonds is 9. The van der Waals surface area contributed by atoms with E-state index >= 15 is 0 Å². The zero-order chi connectivity index (χ0) is 23.5. The molecule has 0 unspecified atom stereocenters.